The third-order valence-corrected chi connectivity index (χ3v) is 4.63. The number of amides is 3. The average molecular weight is 432 g/mol. The average Bonchev–Trinajstić information content (AvgIpc) is 2.90. The van der Waals surface area contributed by atoms with Crippen molar-refractivity contribution in [2.24, 2.45) is 0 Å². The molecule has 1 aliphatic rings. The van der Waals surface area contributed by atoms with E-state index in [-0.39, 0.29) is 38.1 Å². The van der Waals surface area contributed by atoms with E-state index in [1.807, 2.05) is 30.3 Å². The van der Waals surface area contributed by atoms with E-state index in [2.05, 4.69) is 10.6 Å². The summed E-state index contributed by atoms with van der Waals surface area (Å²) in [5.74, 6) is 0.0605. The van der Waals surface area contributed by atoms with E-state index in [1.165, 1.54) is 0 Å². The molecule has 158 valence electrons. The number of nitrogens with zero attached hydrogens (tertiary/aromatic N) is 1. The molecule has 9 heteroatoms. The third-order valence-electron chi connectivity index (χ3n) is 4.40. The molecular formula is C21H22ClN3O5. The molecule has 0 radical (unpaired) electrons. The minimum atomic E-state index is -0.678. The predicted molar refractivity (Wildman–Crippen MR) is 110 cm³/mol. The molecule has 0 saturated carbocycles. The molecule has 30 heavy (non-hydrogen) atoms. The van der Waals surface area contributed by atoms with Crippen LogP contribution in [0.15, 0.2) is 48.5 Å². The number of nitrogens with one attached hydrogen (secondary N) is 2. The van der Waals surface area contributed by atoms with Gasteiger partial charge in [-0.1, -0.05) is 41.9 Å². The smallest absolute Gasteiger partial charge is 0.407 e. The normalized spacial score (nSPS) is 13.0. The van der Waals surface area contributed by atoms with E-state index in [9.17, 15) is 14.4 Å². The van der Waals surface area contributed by atoms with Crippen LogP contribution >= 0.6 is 11.6 Å². The van der Waals surface area contributed by atoms with Crippen LogP contribution in [-0.2, 0) is 27.5 Å². The number of halogens is 1. The van der Waals surface area contributed by atoms with Crippen molar-refractivity contribution < 1.29 is 23.9 Å². The summed E-state index contributed by atoms with van der Waals surface area (Å²) in [5, 5.41) is 5.62. The number of carbonyl (C=O) groups is 3. The van der Waals surface area contributed by atoms with Gasteiger partial charge in [-0.2, -0.15) is 0 Å². The van der Waals surface area contributed by atoms with Gasteiger partial charge in [0.05, 0.1) is 6.54 Å². The predicted octanol–water partition coefficient (Wildman–Crippen LogP) is 2.10. The molecule has 2 N–H and O–H groups in total. The molecule has 3 amide bonds. The molecule has 0 fully saturated rings. The summed E-state index contributed by atoms with van der Waals surface area (Å²) in [6.45, 7) is 0.716. The van der Waals surface area contributed by atoms with E-state index in [1.54, 1.807) is 23.1 Å². The van der Waals surface area contributed by atoms with E-state index < -0.39 is 6.09 Å². The van der Waals surface area contributed by atoms with Crippen molar-refractivity contribution in [3.05, 3.63) is 64.7 Å². The first kappa shape index (κ1) is 21.4. The molecule has 8 nitrogen and oxygen atoms in total. The van der Waals surface area contributed by atoms with Crippen LogP contribution in [-0.4, -0.2) is 49.0 Å². The van der Waals surface area contributed by atoms with Crippen molar-refractivity contribution in [1.82, 2.24) is 15.5 Å². The zero-order valence-electron chi connectivity index (χ0n) is 16.2. The largest absolute Gasteiger partial charge is 0.483 e. The summed E-state index contributed by atoms with van der Waals surface area (Å²) in [4.78, 5) is 37.4. The highest BCUT2D eigenvalue weighted by molar-refractivity contribution is 6.30. The van der Waals surface area contributed by atoms with Gasteiger partial charge in [-0.15, -0.1) is 0 Å². The maximum absolute atomic E-state index is 12.2. The quantitative estimate of drug-likeness (QED) is 0.699. The number of benzene rings is 2. The van der Waals surface area contributed by atoms with Crippen LogP contribution < -0.4 is 15.4 Å². The van der Waals surface area contributed by atoms with Gasteiger partial charge in [0, 0.05) is 30.2 Å². The second kappa shape index (κ2) is 10.5. The lowest BCUT2D eigenvalue weighted by Crippen LogP contribution is -2.42. The highest BCUT2D eigenvalue weighted by Crippen LogP contribution is 2.26. The zero-order valence-corrected chi connectivity index (χ0v) is 17.0. The molecule has 0 atom stereocenters. The maximum Gasteiger partial charge on any atom is 0.407 e. The second-order valence-corrected chi connectivity index (χ2v) is 7.06. The lowest BCUT2D eigenvalue weighted by molar-refractivity contribution is -0.133. The first-order chi connectivity index (χ1) is 14.5. The molecule has 2 aromatic rings. The molecule has 0 saturated heterocycles. The van der Waals surface area contributed by atoms with E-state index in [0.717, 1.165) is 11.1 Å². The van der Waals surface area contributed by atoms with Crippen LogP contribution in [0.1, 0.15) is 11.1 Å². The lowest BCUT2D eigenvalue weighted by atomic mass is 10.2. The molecule has 0 spiro atoms. The third kappa shape index (κ3) is 6.38. The van der Waals surface area contributed by atoms with Crippen molar-refractivity contribution in [2.75, 3.05) is 26.2 Å². The fourth-order valence-electron chi connectivity index (χ4n) is 2.86. The Morgan fingerprint density at radius 2 is 1.93 bits per heavy atom. The Hall–Kier alpha value is -3.26. The molecule has 0 unspecified atom stereocenters. The first-order valence-electron chi connectivity index (χ1n) is 9.41. The minimum Gasteiger partial charge on any atom is -0.483 e. The van der Waals surface area contributed by atoms with Crippen LogP contribution in [0.2, 0.25) is 5.02 Å². The van der Waals surface area contributed by atoms with Crippen molar-refractivity contribution >= 4 is 29.5 Å². The fourth-order valence-corrected chi connectivity index (χ4v) is 3.05. The monoisotopic (exact) mass is 431 g/mol. The molecule has 0 aromatic heterocycles. The van der Waals surface area contributed by atoms with Crippen molar-refractivity contribution in [3.8, 4) is 5.75 Å². The molecule has 0 bridgehead atoms. The van der Waals surface area contributed by atoms with Crippen LogP contribution in [0.4, 0.5) is 4.79 Å². The van der Waals surface area contributed by atoms with Crippen LogP contribution in [0.5, 0.6) is 5.75 Å². The summed E-state index contributed by atoms with van der Waals surface area (Å²) in [6.07, 6.45) is -0.678. The Balaban J connectivity index is 1.37. The summed E-state index contributed by atoms with van der Waals surface area (Å²) in [6, 6.07) is 14.4. The maximum atomic E-state index is 12.2. The highest BCUT2D eigenvalue weighted by atomic mass is 35.5. The molecule has 1 heterocycles. The van der Waals surface area contributed by atoms with E-state index in [0.29, 0.717) is 23.9 Å². The number of rotatable bonds is 7. The number of hydrogen-bond acceptors (Lipinski definition) is 5. The number of fused-ring (bicyclic) bond motifs is 1. The Kier molecular flexibility index (Phi) is 7.51. The van der Waals surface area contributed by atoms with Gasteiger partial charge in [0.1, 0.15) is 12.4 Å². The summed E-state index contributed by atoms with van der Waals surface area (Å²) >= 11 is 6.02. The van der Waals surface area contributed by atoms with Crippen molar-refractivity contribution in [3.63, 3.8) is 0 Å². The van der Waals surface area contributed by atoms with Crippen LogP contribution in [0.3, 0.4) is 0 Å². The first-order valence-corrected chi connectivity index (χ1v) is 9.79. The molecule has 3 rings (SSSR count). The summed E-state index contributed by atoms with van der Waals surface area (Å²) < 4.78 is 10.5. The van der Waals surface area contributed by atoms with Gasteiger partial charge in [-0.3, -0.25) is 9.59 Å². The lowest BCUT2D eigenvalue weighted by Gasteiger charge is -2.20. The standard InChI is InChI=1S/C21H22ClN3O5/c22-17-6-7-18-16(10-17)12-25(20(27)14-29-18)9-8-23-19(26)11-24-21(28)30-13-15-4-2-1-3-5-15/h1-7,10H,8-9,11-14H2,(H,23,26)(H,24,28). The SMILES string of the molecule is O=C(CNC(=O)OCc1ccccc1)NCCN1Cc2cc(Cl)ccc2OCC1=O. The van der Waals surface area contributed by atoms with Gasteiger partial charge < -0.3 is 25.0 Å². The minimum absolute atomic E-state index is 0.0720. The van der Waals surface area contributed by atoms with Gasteiger partial charge in [-0.25, -0.2) is 4.79 Å². The molecule has 1 aliphatic heterocycles. The van der Waals surface area contributed by atoms with Crippen LogP contribution in [0.25, 0.3) is 0 Å². The number of carbonyl (C=O) groups excluding carboxylic acids is 3. The Morgan fingerprint density at radius 3 is 2.73 bits per heavy atom. The number of ether oxygens (including phenoxy) is 2. The van der Waals surface area contributed by atoms with Gasteiger partial charge in [-0.05, 0) is 23.8 Å². The summed E-state index contributed by atoms with van der Waals surface area (Å²) in [5.41, 5.74) is 1.66. The number of alkyl carbamates (subject to hydrolysis) is 1. The Labute approximate surface area is 179 Å². The van der Waals surface area contributed by atoms with Gasteiger partial charge >= 0.3 is 6.09 Å². The number of hydrogen-bond donors (Lipinski definition) is 2. The van der Waals surface area contributed by atoms with Gasteiger partial charge in [0.2, 0.25) is 5.91 Å². The molecule has 0 aliphatic carbocycles. The van der Waals surface area contributed by atoms with E-state index in [4.69, 9.17) is 21.1 Å². The Bertz CT molecular complexity index is 907. The highest BCUT2D eigenvalue weighted by Gasteiger charge is 2.21. The second-order valence-electron chi connectivity index (χ2n) is 6.62. The van der Waals surface area contributed by atoms with E-state index >= 15 is 0 Å². The molecule has 2 aromatic carbocycles. The fraction of sp³-hybridized carbons (Fsp3) is 0.286. The zero-order chi connectivity index (χ0) is 21.3. The van der Waals surface area contributed by atoms with Crippen molar-refractivity contribution in [2.45, 2.75) is 13.2 Å². The van der Waals surface area contributed by atoms with Gasteiger partial charge in [0.25, 0.3) is 5.91 Å². The topological polar surface area (TPSA) is 97.0 Å². The Morgan fingerprint density at radius 1 is 1.13 bits per heavy atom. The van der Waals surface area contributed by atoms with Gasteiger partial charge in [0.15, 0.2) is 6.61 Å². The summed E-state index contributed by atoms with van der Waals surface area (Å²) in [7, 11) is 0. The van der Waals surface area contributed by atoms with Crippen molar-refractivity contribution in [1.29, 1.82) is 0 Å². The molecular weight excluding hydrogens is 410 g/mol. The van der Waals surface area contributed by atoms with Crippen LogP contribution in [0, 0.1) is 0 Å².